The zero-order valence-electron chi connectivity index (χ0n) is 13.4. The minimum atomic E-state index is -1.06. The van der Waals surface area contributed by atoms with E-state index in [9.17, 15) is 14.7 Å². The SMILES string of the molecule is Cc1cc(C)cc(CCC(=O)N[C@@H](C(=O)O)c2ccccc2)c1. The van der Waals surface area contributed by atoms with Crippen LogP contribution in [-0.2, 0) is 16.0 Å². The van der Waals surface area contributed by atoms with E-state index in [1.54, 1.807) is 24.3 Å². The van der Waals surface area contributed by atoms with Gasteiger partial charge in [0.2, 0.25) is 5.91 Å². The van der Waals surface area contributed by atoms with Crippen LogP contribution in [-0.4, -0.2) is 17.0 Å². The molecule has 0 aliphatic rings. The van der Waals surface area contributed by atoms with Crippen LogP contribution in [0.3, 0.4) is 0 Å². The molecule has 0 aliphatic heterocycles. The molecular formula is C19H21NO3. The largest absolute Gasteiger partial charge is 0.479 e. The molecule has 0 aromatic heterocycles. The fourth-order valence-electron chi connectivity index (χ4n) is 2.64. The van der Waals surface area contributed by atoms with Gasteiger partial charge in [0.1, 0.15) is 0 Å². The number of nitrogens with one attached hydrogen (secondary N) is 1. The van der Waals surface area contributed by atoms with Crippen molar-refractivity contribution < 1.29 is 14.7 Å². The zero-order chi connectivity index (χ0) is 16.8. The van der Waals surface area contributed by atoms with E-state index in [-0.39, 0.29) is 12.3 Å². The van der Waals surface area contributed by atoms with Crippen molar-refractivity contribution in [1.29, 1.82) is 0 Å². The summed E-state index contributed by atoms with van der Waals surface area (Å²) in [5, 5.41) is 11.9. The zero-order valence-corrected chi connectivity index (χ0v) is 13.4. The monoisotopic (exact) mass is 311 g/mol. The van der Waals surface area contributed by atoms with Crippen molar-refractivity contribution in [3.63, 3.8) is 0 Å². The van der Waals surface area contributed by atoms with Crippen LogP contribution in [0.15, 0.2) is 48.5 Å². The maximum absolute atomic E-state index is 12.1. The summed E-state index contributed by atoms with van der Waals surface area (Å²) in [7, 11) is 0. The Bertz CT molecular complexity index is 675. The van der Waals surface area contributed by atoms with Crippen LogP contribution in [0.5, 0.6) is 0 Å². The molecule has 0 saturated heterocycles. The van der Waals surface area contributed by atoms with E-state index in [0.29, 0.717) is 12.0 Å². The van der Waals surface area contributed by atoms with Gasteiger partial charge >= 0.3 is 5.97 Å². The number of carbonyl (C=O) groups excluding carboxylic acids is 1. The van der Waals surface area contributed by atoms with Crippen LogP contribution < -0.4 is 5.32 Å². The third kappa shape index (κ3) is 4.95. The molecule has 2 N–H and O–H groups in total. The number of amides is 1. The predicted molar refractivity (Wildman–Crippen MR) is 89.2 cm³/mol. The van der Waals surface area contributed by atoms with E-state index >= 15 is 0 Å². The molecule has 23 heavy (non-hydrogen) atoms. The first-order valence-corrected chi connectivity index (χ1v) is 7.60. The van der Waals surface area contributed by atoms with Crippen LogP contribution in [0.2, 0.25) is 0 Å². The third-order valence-corrected chi connectivity index (χ3v) is 3.61. The summed E-state index contributed by atoms with van der Waals surface area (Å²) < 4.78 is 0. The molecule has 1 amide bonds. The van der Waals surface area contributed by atoms with Crippen molar-refractivity contribution in [1.82, 2.24) is 5.32 Å². The number of rotatable bonds is 6. The summed E-state index contributed by atoms with van der Waals surface area (Å²) in [5.74, 6) is -1.32. The average Bonchev–Trinajstić information content (AvgIpc) is 2.50. The Morgan fingerprint density at radius 1 is 1.04 bits per heavy atom. The fraction of sp³-hybridized carbons (Fsp3) is 0.263. The molecule has 1 atom stereocenters. The average molecular weight is 311 g/mol. The number of carboxylic acid groups (broad SMARTS) is 1. The van der Waals surface area contributed by atoms with Gasteiger partial charge in [0.05, 0.1) is 0 Å². The van der Waals surface area contributed by atoms with Crippen molar-refractivity contribution in [3.8, 4) is 0 Å². The highest BCUT2D eigenvalue weighted by Crippen LogP contribution is 2.14. The molecule has 0 unspecified atom stereocenters. The molecule has 2 rings (SSSR count). The summed E-state index contributed by atoms with van der Waals surface area (Å²) in [6.45, 7) is 4.04. The number of aliphatic carboxylic acids is 1. The minimum Gasteiger partial charge on any atom is -0.479 e. The van der Waals surface area contributed by atoms with Crippen LogP contribution in [0.4, 0.5) is 0 Å². The second kappa shape index (κ2) is 7.58. The highest BCUT2D eigenvalue weighted by atomic mass is 16.4. The number of aryl methyl sites for hydroxylation is 3. The van der Waals surface area contributed by atoms with Gasteiger partial charge < -0.3 is 10.4 Å². The molecule has 2 aromatic rings. The second-order valence-electron chi connectivity index (χ2n) is 5.75. The normalized spacial score (nSPS) is 11.7. The van der Waals surface area contributed by atoms with Gasteiger partial charge in [-0.2, -0.15) is 0 Å². The summed E-state index contributed by atoms with van der Waals surface area (Å²) >= 11 is 0. The van der Waals surface area contributed by atoms with E-state index in [0.717, 1.165) is 16.7 Å². The Labute approximate surface area is 136 Å². The van der Waals surface area contributed by atoms with E-state index in [1.807, 2.05) is 32.0 Å². The maximum atomic E-state index is 12.1. The van der Waals surface area contributed by atoms with Gasteiger partial charge in [-0.05, 0) is 31.4 Å². The van der Waals surface area contributed by atoms with E-state index < -0.39 is 12.0 Å². The van der Waals surface area contributed by atoms with Gasteiger partial charge in [-0.15, -0.1) is 0 Å². The number of benzene rings is 2. The first-order chi connectivity index (χ1) is 11.0. The van der Waals surface area contributed by atoms with E-state index in [4.69, 9.17) is 0 Å². The molecule has 2 aromatic carbocycles. The van der Waals surface area contributed by atoms with Crippen molar-refractivity contribution in [2.24, 2.45) is 0 Å². The molecule has 120 valence electrons. The molecular weight excluding hydrogens is 290 g/mol. The van der Waals surface area contributed by atoms with Gasteiger partial charge in [-0.25, -0.2) is 4.79 Å². The van der Waals surface area contributed by atoms with Crippen molar-refractivity contribution >= 4 is 11.9 Å². The summed E-state index contributed by atoms with van der Waals surface area (Å²) in [4.78, 5) is 23.5. The van der Waals surface area contributed by atoms with Crippen molar-refractivity contribution in [2.75, 3.05) is 0 Å². The van der Waals surface area contributed by atoms with Gasteiger partial charge in [-0.3, -0.25) is 4.79 Å². The number of hydrogen-bond donors (Lipinski definition) is 2. The Morgan fingerprint density at radius 2 is 1.65 bits per heavy atom. The molecule has 0 saturated carbocycles. The molecule has 0 spiro atoms. The van der Waals surface area contributed by atoms with Gasteiger partial charge in [0.25, 0.3) is 0 Å². The number of hydrogen-bond acceptors (Lipinski definition) is 2. The predicted octanol–water partition coefficient (Wildman–Crippen LogP) is 3.18. The molecule has 0 bridgehead atoms. The molecule has 0 heterocycles. The molecule has 0 fully saturated rings. The fourth-order valence-corrected chi connectivity index (χ4v) is 2.64. The highest BCUT2D eigenvalue weighted by molar-refractivity contribution is 5.84. The molecule has 0 radical (unpaired) electrons. The van der Waals surface area contributed by atoms with Crippen molar-refractivity contribution in [3.05, 3.63) is 70.8 Å². The Morgan fingerprint density at radius 3 is 2.22 bits per heavy atom. The van der Waals surface area contributed by atoms with Gasteiger partial charge in [-0.1, -0.05) is 59.7 Å². The molecule has 4 heteroatoms. The Kier molecular flexibility index (Phi) is 5.52. The van der Waals surface area contributed by atoms with Crippen LogP contribution >= 0.6 is 0 Å². The number of carbonyl (C=O) groups is 2. The Hall–Kier alpha value is -2.62. The Balaban J connectivity index is 1.98. The third-order valence-electron chi connectivity index (χ3n) is 3.61. The van der Waals surface area contributed by atoms with Crippen LogP contribution in [0.25, 0.3) is 0 Å². The van der Waals surface area contributed by atoms with Gasteiger partial charge in [0, 0.05) is 6.42 Å². The lowest BCUT2D eigenvalue weighted by Gasteiger charge is -2.15. The smallest absolute Gasteiger partial charge is 0.330 e. The first kappa shape index (κ1) is 16.7. The molecule has 4 nitrogen and oxygen atoms in total. The first-order valence-electron chi connectivity index (χ1n) is 7.60. The quantitative estimate of drug-likeness (QED) is 0.861. The summed E-state index contributed by atoms with van der Waals surface area (Å²) in [5.41, 5.74) is 3.98. The van der Waals surface area contributed by atoms with Crippen LogP contribution in [0.1, 0.15) is 34.7 Å². The number of carboxylic acids is 1. The summed E-state index contributed by atoms with van der Waals surface area (Å²) in [6, 6.07) is 13.9. The topological polar surface area (TPSA) is 66.4 Å². The highest BCUT2D eigenvalue weighted by Gasteiger charge is 2.21. The minimum absolute atomic E-state index is 0.263. The van der Waals surface area contributed by atoms with Gasteiger partial charge in [0.15, 0.2) is 6.04 Å². The summed E-state index contributed by atoms with van der Waals surface area (Å²) in [6.07, 6.45) is 0.856. The van der Waals surface area contributed by atoms with E-state index in [2.05, 4.69) is 11.4 Å². The lowest BCUT2D eigenvalue weighted by Crippen LogP contribution is -2.33. The lowest BCUT2D eigenvalue weighted by atomic mass is 10.0. The van der Waals surface area contributed by atoms with Crippen molar-refractivity contribution in [2.45, 2.75) is 32.7 Å². The lowest BCUT2D eigenvalue weighted by molar-refractivity contribution is -0.142. The molecule has 0 aliphatic carbocycles. The van der Waals surface area contributed by atoms with Crippen LogP contribution in [0, 0.1) is 13.8 Å². The van der Waals surface area contributed by atoms with E-state index in [1.165, 1.54) is 0 Å². The standard InChI is InChI=1S/C19H21NO3/c1-13-10-14(2)12-15(11-13)8-9-17(21)20-18(19(22)23)16-6-4-3-5-7-16/h3-7,10-12,18H,8-9H2,1-2H3,(H,20,21)(H,22,23)/t18-/m1/s1. The second-order valence-corrected chi connectivity index (χ2v) is 5.75. The maximum Gasteiger partial charge on any atom is 0.330 e.